The fourth-order valence-electron chi connectivity index (χ4n) is 5.68. The Morgan fingerprint density at radius 1 is 0.830 bits per heavy atom. The number of hydrogen-bond donors (Lipinski definition) is 1. The van der Waals surface area contributed by atoms with Gasteiger partial charge in [-0.15, -0.1) is 0 Å². The maximum absolute atomic E-state index is 15.0. The number of carboxylic acid groups (broad SMARTS) is 1. The predicted octanol–water partition coefficient (Wildman–Crippen LogP) is 7.97. The molecule has 4 aromatic carbocycles. The van der Waals surface area contributed by atoms with E-state index in [4.69, 9.17) is 4.74 Å². The Bertz CT molecular complexity index is 2170. The van der Waals surface area contributed by atoms with Crippen LogP contribution in [-0.4, -0.2) is 43.4 Å². The molecule has 1 amide bonds. The zero-order valence-electron chi connectivity index (χ0n) is 28.7. The summed E-state index contributed by atoms with van der Waals surface area (Å²) in [6.07, 6.45) is 1.83. The van der Waals surface area contributed by atoms with E-state index in [1.54, 1.807) is 6.07 Å². The minimum atomic E-state index is -5.96. The molecule has 0 spiro atoms. The SMILES string of the molecule is COc1cc(C(=O)O)ccc1N(Cc1cc(C2CC2)cc(C(C)(C)C)c1)C(=O)CN(Cc1c(F)cccc1F)S(=O)(=O)c1c(F)c(F)c(F)c(F)c1F. The van der Waals surface area contributed by atoms with Crippen LogP contribution in [0.4, 0.5) is 36.4 Å². The van der Waals surface area contributed by atoms with E-state index < -0.39 is 86.2 Å². The van der Waals surface area contributed by atoms with Gasteiger partial charge in [0.1, 0.15) is 17.4 Å². The number of halogens is 7. The van der Waals surface area contributed by atoms with Crippen LogP contribution in [0.15, 0.2) is 59.5 Å². The van der Waals surface area contributed by atoms with Crippen molar-refractivity contribution in [3.63, 3.8) is 0 Å². The summed E-state index contributed by atoms with van der Waals surface area (Å²) in [6.45, 7) is 2.65. The molecule has 5 rings (SSSR count). The van der Waals surface area contributed by atoms with Crippen molar-refractivity contribution >= 4 is 27.6 Å². The van der Waals surface area contributed by atoms with Crippen LogP contribution in [0.2, 0.25) is 0 Å². The molecule has 53 heavy (non-hydrogen) atoms. The van der Waals surface area contributed by atoms with E-state index in [9.17, 15) is 45.1 Å². The fraction of sp³-hybridized carbons (Fsp3) is 0.297. The van der Waals surface area contributed by atoms with Crippen molar-refractivity contribution in [1.29, 1.82) is 0 Å². The molecule has 4 aromatic rings. The molecule has 8 nitrogen and oxygen atoms in total. The van der Waals surface area contributed by atoms with Crippen LogP contribution in [0, 0.1) is 40.7 Å². The van der Waals surface area contributed by atoms with Crippen molar-refractivity contribution in [2.45, 2.75) is 62.9 Å². The van der Waals surface area contributed by atoms with Crippen molar-refractivity contribution in [2.24, 2.45) is 0 Å². The van der Waals surface area contributed by atoms with E-state index in [0.29, 0.717) is 5.56 Å². The van der Waals surface area contributed by atoms with Crippen molar-refractivity contribution < 1.29 is 58.6 Å². The van der Waals surface area contributed by atoms with Crippen molar-refractivity contribution in [1.82, 2.24) is 4.31 Å². The number of amides is 1. The number of aromatic carboxylic acids is 1. The van der Waals surface area contributed by atoms with Gasteiger partial charge >= 0.3 is 5.97 Å². The quantitative estimate of drug-likeness (QED) is 0.0892. The molecule has 0 aliphatic heterocycles. The Hall–Kier alpha value is -4.96. The average molecular weight is 767 g/mol. The molecular formula is C37H33F7N2O6S. The van der Waals surface area contributed by atoms with Crippen molar-refractivity contribution in [2.75, 3.05) is 18.6 Å². The number of nitrogens with zero attached hydrogens (tertiary/aromatic N) is 2. The maximum Gasteiger partial charge on any atom is 0.335 e. The highest BCUT2D eigenvalue weighted by atomic mass is 32.2. The van der Waals surface area contributed by atoms with Crippen molar-refractivity contribution in [3.05, 3.63) is 123 Å². The number of carboxylic acids is 1. The minimum absolute atomic E-state index is 0.109. The van der Waals surface area contributed by atoms with E-state index in [1.807, 2.05) is 32.9 Å². The van der Waals surface area contributed by atoms with Crippen molar-refractivity contribution in [3.8, 4) is 5.75 Å². The summed E-state index contributed by atoms with van der Waals surface area (Å²) < 4.78 is 135. The summed E-state index contributed by atoms with van der Waals surface area (Å²) in [5, 5.41) is 9.57. The largest absolute Gasteiger partial charge is 0.495 e. The normalized spacial score (nSPS) is 13.4. The second kappa shape index (κ2) is 14.8. The van der Waals surface area contributed by atoms with Crippen LogP contribution in [0.5, 0.6) is 5.75 Å². The number of carbonyl (C=O) groups excluding carboxylic acids is 1. The lowest BCUT2D eigenvalue weighted by atomic mass is 9.84. The standard InChI is InChI=1S/C37H33F7N2O6S/c1-37(2,3)23-13-19(12-22(14-23)20-8-9-20)16-46(27-11-10-21(36(48)49)15-28(27)52-4)29(47)18-45(17-24-25(38)6-5-7-26(24)39)53(50,51)35-33(43)31(41)30(40)32(42)34(35)44/h5-7,10-15,20H,8-9,16-18H2,1-4H3,(H,48,49). The van der Waals surface area contributed by atoms with E-state index in [-0.39, 0.29) is 39.2 Å². The summed E-state index contributed by atoms with van der Waals surface area (Å²) in [5.74, 6) is -18.6. The molecule has 0 unspecified atom stereocenters. The highest BCUT2D eigenvalue weighted by molar-refractivity contribution is 7.89. The first-order valence-electron chi connectivity index (χ1n) is 16.1. The molecule has 1 saturated carbocycles. The zero-order valence-corrected chi connectivity index (χ0v) is 29.6. The Labute approximate surface area is 300 Å². The van der Waals surface area contributed by atoms with Gasteiger partial charge in [0.05, 0.1) is 31.5 Å². The number of hydrogen-bond acceptors (Lipinski definition) is 5. The summed E-state index contributed by atoms with van der Waals surface area (Å²) >= 11 is 0. The molecule has 0 radical (unpaired) electrons. The van der Waals surface area contributed by atoms with Gasteiger partial charge in [-0.3, -0.25) is 4.79 Å². The second-order valence-corrected chi connectivity index (χ2v) is 15.4. The molecule has 1 fully saturated rings. The molecule has 1 N–H and O–H groups in total. The summed E-state index contributed by atoms with van der Waals surface area (Å²) in [4.78, 5) is 24.8. The van der Waals surface area contributed by atoms with Crippen LogP contribution >= 0.6 is 0 Å². The molecule has 1 aliphatic rings. The molecule has 1 aliphatic carbocycles. The highest BCUT2D eigenvalue weighted by Crippen LogP contribution is 2.42. The Kier molecular flexibility index (Phi) is 11.0. The van der Waals surface area contributed by atoms with Gasteiger partial charge in [-0.05, 0) is 71.2 Å². The molecule has 0 saturated heterocycles. The van der Waals surface area contributed by atoms with E-state index >= 15 is 8.78 Å². The van der Waals surface area contributed by atoms with Gasteiger partial charge < -0.3 is 14.7 Å². The van der Waals surface area contributed by atoms with Gasteiger partial charge in [0.25, 0.3) is 0 Å². The van der Waals surface area contributed by atoms with Gasteiger partial charge in [-0.2, -0.15) is 4.31 Å². The molecule has 0 bridgehead atoms. The number of sulfonamides is 1. The predicted molar refractivity (Wildman–Crippen MR) is 178 cm³/mol. The van der Waals surface area contributed by atoms with Gasteiger partial charge in [0, 0.05) is 12.1 Å². The molecule has 282 valence electrons. The Morgan fingerprint density at radius 2 is 1.42 bits per heavy atom. The maximum atomic E-state index is 15.0. The summed E-state index contributed by atoms with van der Waals surface area (Å²) in [5.41, 5.74) is 0.608. The lowest BCUT2D eigenvalue weighted by Crippen LogP contribution is -2.43. The Balaban J connectivity index is 1.69. The first-order valence-corrected chi connectivity index (χ1v) is 17.5. The highest BCUT2D eigenvalue weighted by Gasteiger charge is 2.40. The average Bonchev–Trinajstić information content (AvgIpc) is 3.95. The Morgan fingerprint density at radius 3 is 1.94 bits per heavy atom. The summed E-state index contributed by atoms with van der Waals surface area (Å²) in [7, 11) is -4.80. The number of carbonyl (C=O) groups is 2. The van der Waals surface area contributed by atoms with E-state index in [1.165, 1.54) is 13.2 Å². The summed E-state index contributed by atoms with van der Waals surface area (Å²) in [6, 6.07) is 11.4. The number of methoxy groups -OCH3 is 1. The van der Waals surface area contributed by atoms with Crippen LogP contribution in [0.1, 0.15) is 72.1 Å². The van der Waals surface area contributed by atoms with E-state index in [2.05, 4.69) is 0 Å². The van der Waals surface area contributed by atoms with Crippen LogP contribution < -0.4 is 9.64 Å². The smallest absolute Gasteiger partial charge is 0.335 e. The van der Waals surface area contributed by atoms with Crippen LogP contribution in [-0.2, 0) is 33.3 Å². The third-order valence-corrected chi connectivity index (χ3v) is 10.6. The third kappa shape index (κ3) is 8.03. The topological polar surface area (TPSA) is 104 Å². The molecule has 0 heterocycles. The number of benzene rings is 4. The molecule has 0 aromatic heterocycles. The molecular weight excluding hydrogens is 733 g/mol. The second-order valence-electron chi connectivity index (χ2n) is 13.5. The number of ether oxygens (including phenoxy) is 1. The minimum Gasteiger partial charge on any atom is -0.495 e. The fourth-order valence-corrected chi connectivity index (χ4v) is 7.15. The molecule has 0 atom stereocenters. The first kappa shape index (κ1) is 39.3. The van der Waals surface area contributed by atoms with Crippen LogP contribution in [0.3, 0.4) is 0 Å². The number of anilines is 1. The molecule has 16 heteroatoms. The lowest BCUT2D eigenvalue weighted by Gasteiger charge is -2.30. The van der Waals surface area contributed by atoms with Crippen LogP contribution in [0.25, 0.3) is 0 Å². The van der Waals surface area contributed by atoms with Gasteiger partial charge in [0.2, 0.25) is 21.7 Å². The first-order chi connectivity index (χ1) is 24.8. The van der Waals surface area contributed by atoms with E-state index in [0.717, 1.165) is 59.2 Å². The zero-order chi connectivity index (χ0) is 39.2. The third-order valence-electron chi connectivity index (χ3n) is 8.76. The number of rotatable bonds is 12. The van der Waals surface area contributed by atoms with Gasteiger partial charge in [-0.1, -0.05) is 45.0 Å². The van der Waals surface area contributed by atoms with Gasteiger partial charge in [0.15, 0.2) is 28.2 Å². The lowest BCUT2D eigenvalue weighted by molar-refractivity contribution is -0.119. The monoisotopic (exact) mass is 766 g/mol. The van der Waals surface area contributed by atoms with Gasteiger partial charge in [-0.25, -0.2) is 43.9 Å².